The van der Waals surface area contributed by atoms with Crippen molar-refractivity contribution in [1.82, 2.24) is 9.55 Å². The zero-order valence-electron chi connectivity index (χ0n) is 12.1. The Labute approximate surface area is 128 Å². The van der Waals surface area contributed by atoms with Gasteiger partial charge in [0.05, 0.1) is 25.5 Å². The van der Waals surface area contributed by atoms with Crippen molar-refractivity contribution in [2.75, 3.05) is 17.7 Å². The summed E-state index contributed by atoms with van der Waals surface area (Å²) in [4.78, 5) is 15.3. The Morgan fingerprint density at radius 1 is 1.48 bits per heavy atom. The van der Waals surface area contributed by atoms with Crippen molar-refractivity contribution < 1.29 is 9.53 Å². The highest BCUT2D eigenvalue weighted by Crippen LogP contribution is 2.28. The summed E-state index contributed by atoms with van der Waals surface area (Å²) in [5.41, 5.74) is 1.46. The number of nitrogens with zero attached hydrogens (tertiary/aromatic N) is 2. The van der Waals surface area contributed by atoms with Crippen molar-refractivity contribution in [3.63, 3.8) is 0 Å². The SMILES string of the molecule is COc1ccc(NC(C)=O)cc1NCc1ncc(Cl)n1C. The van der Waals surface area contributed by atoms with Crippen LogP contribution in [0.5, 0.6) is 5.75 Å². The summed E-state index contributed by atoms with van der Waals surface area (Å²) in [6.45, 7) is 1.95. The molecule has 0 fully saturated rings. The van der Waals surface area contributed by atoms with E-state index in [0.29, 0.717) is 23.1 Å². The number of anilines is 2. The molecule has 0 saturated carbocycles. The number of benzene rings is 1. The predicted octanol–water partition coefficient (Wildman–Crippen LogP) is 2.65. The van der Waals surface area contributed by atoms with E-state index in [4.69, 9.17) is 16.3 Å². The zero-order chi connectivity index (χ0) is 15.4. The smallest absolute Gasteiger partial charge is 0.221 e. The summed E-state index contributed by atoms with van der Waals surface area (Å²) in [5, 5.41) is 6.54. The average molecular weight is 309 g/mol. The highest BCUT2D eigenvalue weighted by Gasteiger charge is 2.08. The van der Waals surface area contributed by atoms with E-state index in [-0.39, 0.29) is 5.91 Å². The molecule has 0 bridgehead atoms. The molecule has 112 valence electrons. The van der Waals surface area contributed by atoms with Crippen LogP contribution in [0.25, 0.3) is 0 Å². The van der Waals surface area contributed by atoms with Gasteiger partial charge in [0, 0.05) is 19.7 Å². The largest absolute Gasteiger partial charge is 0.495 e. The van der Waals surface area contributed by atoms with Crippen LogP contribution < -0.4 is 15.4 Å². The van der Waals surface area contributed by atoms with Crippen molar-refractivity contribution in [2.45, 2.75) is 13.5 Å². The maximum absolute atomic E-state index is 11.1. The average Bonchev–Trinajstić information content (AvgIpc) is 2.76. The van der Waals surface area contributed by atoms with Gasteiger partial charge in [0.1, 0.15) is 16.7 Å². The number of ether oxygens (including phenoxy) is 1. The Bertz CT molecular complexity index is 654. The summed E-state index contributed by atoms with van der Waals surface area (Å²) in [6.07, 6.45) is 1.60. The minimum atomic E-state index is -0.123. The van der Waals surface area contributed by atoms with Crippen LogP contribution in [0.15, 0.2) is 24.4 Å². The fourth-order valence-corrected chi connectivity index (χ4v) is 2.04. The standard InChI is InChI=1S/C14H17ClN4O2/c1-9(20)18-10-4-5-12(21-3)11(6-10)16-8-14-17-7-13(15)19(14)2/h4-7,16H,8H2,1-3H3,(H,18,20). The van der Waals surface area contributed by atoms with Crippen LogP contribution in [-0.4, -0.2) is 22.6 Å². The molecule has 21 heavy (non-hydrogen) atoms. The lowest BCUT2D eigenvalue weighted by atomic mass is 10.2. The topological polar surface area (TPSA) is 68.2 Å². The first-order chi connectivity index (χ1) is 10.0. The maximum Gasteiger partial charge on any atom is 0.221 e. The number of hydrogen-bond donors (Lipinski definition) is 2. The van der Waals surface area contributed by atoms with E-state index in [2.05, 4.69) is 15.6 Å². The third-order valence-corrected chi connectivity index (χ3v) is 3.34. The molecule has 1 aromatic heterocycles. The van der Waals surface area contributed by atoms with Crippen LogP contribution >= 0.6 is 11.6 Å². The number of carbonyl (C=O) groups excluding carboxylic acids is 1. The second-order valence-corrected chi connectivity index (χ2v) is 4.89. The molecule has 0 saturated heterocycles. The summed E-state index contributed by atoms with van der Waals surface area (Å²) >= 11 is 5.95. The number of methoxy groups -OCH3 is 1. The highest BCUT2D eigenvalue weighted by atomic mass is 35.5. The Balaban J connectivity index is 2.17. The third-order valence-electron chi connectivity index (χ3n) is 2.98. The summed E-state index contributed by atoms with van der Waals surface area (Å²) in [6, 6.07) is 5.38. The van der Waals surface area contributed by atoms with Crippen molar-refractivity contribution >= 4 is 28.9 Å². The quantitative estimate of drug-likeness (QED) is 0.891. The van der Waals surface area contributed by atoms with E-state index in [1.807, 2.05) is 13.1 Å². The van der Waals surface area contributed by atoms with Gasteiger partial charge in [-0.15, -0.1) is 0 Å². The van der Waals surface area contributed by atoms with E-state index in [9.17, 15) is 4.79 Å². The summed E-state index contributed by atoms with van der Waals surface area (Å²) in [5.74, 6) is 1.36. The lowest BCUT2D eigenvalue weighted by Crippen LogP contribution is -2.09. The number of rotatable bonds is 5. The van der Waals surface area contributed by atoms with Gasteiger partial charge in [-0.3, -0.25) is 4.79 Å². The molecule has 0 aliphatic carbocycles. The maximum atomic E-state index is 11.1. The molecule has 1 aromatic carbocycles. The Kier molecular flexibility index (Phi) is 4.70. The Morgan fingerprint density at radius 2 is 2.24 bits per heavy atom. The van der Waals surface area contributed by atoms with Gasteiger partial charge in [-0.2, -0.15) is 0 Å². The summed E-state index contributed by atoms with van der Waals surface area (Å²) in [7, 11) is 3.44. The highest BCUT2D eigenvalue weighted by molar-refractivity contribution is 6.29. The van der Waals surface area contributed by atoms with Gasteiger partial charge < -0.3 is 19.9 Å². The summed E-state index contributed by atoms with van der Waals surface area (Å²) < 4.78 is 7.09. The van der Waals surface area contributed by atoms with Crippen LogP contribution in [0.4, 0.5) is 11.4 Å². The molecule has 1 heterocycles. The van der Waals surface area contributed by atoms with Gasteiger partial charge in [0.15, 0.2) is 0 Å². The number of amides is 1. The van der Waals surface area contributed by atoms with Crippen molar-refractivity contribution in [1.29, 1.82) is 0 Å². The lowest BCUT2D eigenvalue weighted by molar-refractivity contribution is -0.114. The molecule has 2 aromatic rings. The van der Waals surface area contributed by atoms with E-state index >= 15 is 0 Å². The molecule has 2 N–H and O–H groups in total. The Hall–Kier alpha value is -2.21. The predicted molar refractivity (Wildman–Crippen MR) is 82.8 cm³/mol. The van der Waals surface area contributed by atoms with Crippen LogP contribution in [0.2, 0.25) is 5.15 Å². The number of carbonyl (C=O) groups is 1. The molecule has 6 nitrogen and oxygen atoms in total. The molecule has 0 spiro atoms. The van der Waals surface area contributed by atoms with Crippen molar-refractivity contribution in [3.05, 3.63) is 35.4 Å². The molecular formula is C14H17ClN4O2. The second kappa shape index (κ2) is 6.49. The van der Waals surface area contributed by atoms with Gasteiger partial charge >= 0.3 is 0 Å². The molecule has 2 rings (SSSR count). The molecule has 0 unspecified atom stereocenters. The molecule has 0 aliphatic rings. The van der Waals surface area contributed by atoms with Crippen LogP contribution in [0.1, 0.15) is 12.7 Å². The third kappa shape index (κ3) is 3.66. The van der Waals surface area contributed by atoms with E-state index in [1.165, 1.54) is 6.92 Å². The minimum absolute atomic E-state index is 0.123. The first-order valence-electron chi connectivity index (χ1n) is 6.37. The van der Waals surface area contributed by atoms with E-state index < -0.39 is 0 Å². The lowest BCUT2D eigenvalue weighted by Gasteiger charge is -2.13. The van der Waals surface area contributed by atoms with Crippen LogP contribution in [-0.2, 0) is 18.4 Å². The Morgan fingerprint density at radius 3 is 2.81 bits per heavy atom. The molecule has 0 radical (unpaired) electrons. The molecule has 7 heteroatoms. The second-order valence-electron chi connectivity index (χ2n) is 4.51. The van der Waals surface area contributed by atoms with Crippen LogP contribution in [0.3, 0.4) is 0 Å². The fraction of sp³-hybridized carbons (Fsp3) is 0.286. The van der Waals surface area contributed by atoms with Gasteiger partial charge in [0.25, 0.3) is 0 Å². The molecule has 0 aliphatic heterocycles. The number of nitrogens with one attached hydrogen (secondary N) is 2. The van der Waals surface area contributed by atoms with E-state index in [1.54, 1.807) is 30.0 Å². The van der Waals surface area contributed by atoms with Gasteiger partial charge in [-0.25, -0.2) is 4.98 Å². The van der Waals surface area contributed by atoms with Gasteiger partial charge in [-0.1, -0.05) is 11.6 Å². The first kappa shape index (κ1) is 15.2. The van der Waals surface area contributed by atoms with Gasteiger partial charge in [0.2, 0.25) is 5.91 Å². The van der Waals surface area contributed by atoms with Crippen molar-refractivity contribution in [3.8, 4) is 5.75 Å². The number of hydrogen-bond acceptors (Lipinski definition) is 4. The fourth-order valence-electron chi connectivity index (χ4n) is 1.89. The minimum Gasteiger partial charge on any atom is -0.495 e. The number of aromatic nitrogens is 2. The molecule has 0 atom stereocenters. The van der Waals surface area contributed by atoms with Gasteiger partial charge in [-0.05, 0) is 18.2 Å². The monoisotopic (exact) mass is 308 g/mol. The van der Waals surface area contributed by atoms with E-state index in [0.717, 1.165) is 11.5 Å². The number of imidazole rings is 1. The van der Waals surface area contributed by atoms with Crippen molar-refractivity contribution in [2.24, 2.45) is 7.05 Å². The molecule has 1 amide bonds. The van der Waals surface area contributed by atoms with Crippen LogP contribution in [0, 0.1) is 0 Å². The number of halogens is 1. The molecular weight excluding hydrogens is 292 g/mol. The first-order valence-corrected chi connectivity index (χ1v) is 6.74. The zero-order valence-corrected chi connectivity index (χ0v) is 12.9. The normalized spacial score (nSPS) is 10.3.